The zero-order valence-electron chi connectivity index (χ0n) is 11.5. The van der Waals surface area contributed by atoms with Crippen LogP contribution in [-0.4, -0.2) is 17.0 Å². The Labute approximate surface area is 117 Å². The lowest BCUT2D eigenvalue weighted by Crippen LogP contribution is -2.33. The van der Waals surface area contributed by atoms with Gasteiger partial charge in [0.1, 0.15) is 5.82 Å². The van der Waals surface area contributed by atoms with Crippen molar-refractivity contribution >= 4 is 11.9 Å². The lowest BCUT2D eigenvalue weighted by atomic mass is 9.95. The Hall–Kier alpha value is -1.91. The van der Waals surface area contributed by atoms with Gasteiger partial charge in [0.15, 0.2) is 0 Å². The highest BCUT2D eigenvalue weighted by Crippen LogP contribution is 2.39. The Morgan fingerprint density at radius 3 is 2.30 bits per heavy atom. The lowest BCUT2D eigenvalue weighted by molar-refractivity contribution is -0.140. The molecule has 5 heteroatoms. The van der Waals surface area contributed by atoms with Crippen LogP contribution in [0.5, 0.6) is 0 Å². The lowest BCUT2D eigenvalue weighted by Gasteiger charge is -2.23. The molecule has 1 fully saturated rings. The van der Waals surface area contributed by atoms with Gasteiger partial charge in [-0.15, -0.1) is 0 Å². The molecule has 108 valence electrons. The number of nitrogens with one attached hydrogen (secondary N) is 1. The zero-order valence-corrected chi connectivity index (χ0v) is 11.5. The number of hydrogen-bond acceptors (Lipinski definition) is 2. The molecule has 1 aromatic rings. The Balaban J connectivity index is 2.05. The molecule has 1 aromatic carbocycles. The quantitative estimate of drug-likeness (QED) is 0.869. The van der Waals surface area contributed by atoms with Crippen LogP contribution in [0.2, 0.25) is 0 Å². The first-order chi connectivity index (χ1) is 9.40. The third kappa shape index (κ3) is 3.15. The number of aliphatic carboxylic acids is 1. The van der Waals surface area contributed by atoms with Crippen molar-refractivity contribution in [3.05, 3.63) is 35.6 Å². The summed E-state index contributed by atoms with van der Waals surface area (Å²) in [4.78, 5) is 22.8. The van der Waals surface area contributed by atoms with Crippen LogP contribution in [0.4, 0.5) is 4.39 Å². The summed E-state index contributed by atoms with van der Waals surface area (Å²) in [7, 11) is 0. The van der Waals surface area contributed by atoms with Crippen molar-refractivity contribution in [2.75, 3.05) is 0 Å². The van der Waals surface area contributed by atoms with Gasteiger partial charge in [0.2, 0.25) is 5.91 Å². The number of benzene rings is 1. The number of halogens is 1. The average molecular weight is 279 g/mol. The van der Waals surface area contributed by atoms with E-state index in [0.29, 0.717) is 6.42 Å². The second-order valence-electron chi connectivity index (χ2n) is 5.57. The zero-order chi connectivity index (χ0) is 14.9. The summed E-state index contributed by atoms with van der Waals surface area (Å²) in [5.41, 5.74) is 0.822. The number of carboxylic acid groups (broad SMARTS) is 1. The van der Waals surface area contributed by atoms with Crippen molar-refractivity contribution < 1.29 is 19.1 Å². The Kier molecular flexibility index (Phi) is 4.06. The highest BCUT2D eigenvalue weighted by atomic mass is 19.1. The molecule has 0 saturated heterocycles. The molecule has 0 aliphatic heterocycles. The Morgan fingerprint density at radius 1 is 1.25 bits per heavy atom. The second-order valence-corrected chi connectivity index (χ2v) is 5.57. The number of carbonyl (C=O) groups is 2. The number of rotatable bonds is 5. The van der Waals surface area contributed by atoms with E-state index in [1.54, 1.807) is 12.1 Å². The molecule has 1 aliphatic carbocycles. The molecule has 20 heavy (non-hydrogen) atoms. The van der Waals surface area contributed by atoms with Crippen LogP contribution < -0.4 is 5.32 Å². The molecule has 0 aromatic heterocycles. The topological polar surface area (TPSA) is 66.4 Å². The van der Waals surface area contributed by atoms with E-state index < -0.39 is 17.8 Å². The minimum Gasteiger partial charge on any atom is -0.481 e. The van der Waals surface area contributed by atoms with Crippen molar-refractivity contribution in [1.29, 1.82) is 0 Å². The Bertz CT molecular complexity index is 512. The highest BCUT2D eigenvalue weighted by Gasteiger charge is 2.48. The molecule has 0 spiro atoms. The molecule has 4 nitrogen and oxygen atoms in total. The molecule has 0 bridgehead atoms. The molecule has 3 atom stereocenters. The van der Waals surface area contributed by atoms with Gasteiger partial charge in [-0.1, -0.05) is 26.0 Å². The van der Waals surface area contributed by atoms with Gasteiger partial charge < -0.3 is 10.4 Å². The normalized spacial score (nSPS) is 22.4. The van der Waals surface area contributed by atoms with Crippen molar-refractivity contribution in [3.8, 4) is 0 Å². The first-order valence-corrected chi connectivity index (χ1v) is 6.68. The van der Waals surface area contributed by atoms with E-state index in [2.05, 4.69) is 5.32 Å². The van der Waals surface area contributed by atoms with Crippen molar-refractivity contribution in [1.82, 2.24) is 5.32 Å². The molecule has 1 aliphatic rings. The fourth-order valence-electron chi connectivity index (χ4n) is 2.32. The van der Waals surface area contributed by atoms with E-state index in [4.69, 9.17) is 5.11 Å². The van der Waals surface area contributed by atoms with Crippen molar-refractivity contribution in [2.24, 2.45) is 17.8 Å². The Morgan fingerprint density at radius 2 is 1.85 bits per heavy atom. The first kappa shape index (κ1) is 14.5. The number of hydrogen-bond donors (Lipinski definition) is 2. The fourth-order valence-corrected chi connectivity index (χ4v) is 2.32. The van der Waals surface area contributed by atoms with Gasteiger partial charge in [-0.2, -0.15) is 0 Å². The molecule has 0 radical (unpaired) electrons. The summed E-state index contributed by atoms with van der Waals surface area (Å²) >= 11 is 0. The van der Waals surface area contributed by atoms with Crippen molar-refractivity contribution in [2.45, 2.75) is 26.3 Å². The van der Waals surface area contributed by atoms with Gasteiger partial charge in [-0.25, -0.2) is 4.39 Å². The molecule has 2 rings (SSSR count). The second kappa shape index (κ2) is 5.61. The molecular formula is C15H18FNO3. The molecule has 1 amide bonds. The smallest absolute Gasteiger partial charge is 0.307 e. The van der Waals surface area contributed by atoms with Crippen LogP contribution in [0.1, 0.15) is 31.9 Å². The monoisotopic (exact) mass is 279 g/mol. The molecule has 1 saturated carbocycles. The maximum absolute atomic E-state index is 12.9. The van der Waals surface area contributed by atoms with E-state index in [9.17, 15) is 14.0 Å². The van der Waals surface area contributed by atoms with Crippen LogP contribution in [0.15, 0.2) is 24.3 Å². The summed E-state index contributed by atoms with van der Waals surface area (Å²) in [5, 5.41) is 11.7. The summed E-state index contributed by atoms with van der Waals surface area (Å²) in [6.45, 7) is 3.91. The van der Waals surface area contributed by atoms with Gasteiger partial charge in [0, 0.05) is 0 Å². The minimum absolute atomic E-state index is 0.131. The van der Waals surface area contributed by atoms with Crippen LogP contribution in [-0.2, 0) is 9.59 Å². The van der Waals surface area contributed by atoms with E-state index >= 15 is 0 Å². The van der Waals surface area contributed by atoms with Crippen LogP contribution in [0.25, 0.3) is 0 Å². The van der Waals surface area contributed by atoms with E-state index in [-0.39, 0.29) is 23.7 Å². The van der Waals surface area contributed by atoms with E-state index in [1.165, 1.54) is 12.1 Å². The maximum atomic E-state index is 12.9. The van der Waals surface area contributed by atoms with Crippen LogP contribution >= 0.6 is 0 Å². The summed E-state index contributed by atoms with van der Waals surface area (Å²) in [6, 6.07) is 5.75. The van der Waals surface area contributed by atoms with E-state index in [0.717, 1.165) is 5.56 Å². The van der Waals surface area contributed by atoms with Gasteiger partial charge in [-0.05, 0) is 30.0 Å². The van der Waals surface area contributed by atoms with Gasteiger partial charge in [-0.3, -0.25) is 9.59 Å². The van der Waals surface area contributed by atoms with Gasteiger partial charge in [0.05, 0.1) is 17.9 Å². The summed E-state index contributed by atoms with van der Waals surface area (Å²) in [6.07, 6.45) is 0.398. The number of amides is 1. The van der Waals surface area contributed by atoms with Crippen LogP contribution in [0.3, 0.4) is 0 Å². The van der Waals surface area contributed by atoms with E-state index in [1.807, 2.05) is 13.8 Å². The molecule has 0 heterocycles. The van der Waals surface area contributed by atoms with Crippen LogP contribution in [0, 0.1) is 23.6 Å². The SMILES string of the molecule is CC(C)C(NC(=O)[C@@H]1C[C@@H]1C(=O)O)c1ccc(F)cc1. The van der Waals surface area contributed by atoms with Gasteiger partial charge >= 0.3 is 5.97 Å². The predicted molar refractivity (Wildman–Crippen MR) is 71.4 cm³/mol. The summed E-state index contributed by atoms with van der Waals surface area (Å²) < 4.78 is 12.9. The largest absolute Gasteiger partial charge is 0.481 e. The summed E-state index contributed by atoms with van der Waals surface area (Å²) in [5.74, 6) is -2.35. The van der Waals surface area contributed by atoms with Crippen molar-refractivity contribution in [3.63, 3.8) is 0 Å². The first-order valence-electron chi connectivity index (χ1n) is 6.68. The average Bonchev–Trinajstić information content (AvgIpc) is 3.17. The third-order valence-electron chi connectivity index (χ3n) is 3.64. The third-order valence-corrected chi connectivity index (χ3v) is 3.64. The minimum atomic E-state index is -0.923. The standard InChI is InChI=1S/C15H18FNO3/c1-8(2)13(9-3-5-10(16)6-4-9)17-14(18)11-7-12(11)15(19)20/h3-6,8,11-13H,7H2,1-2H3,(H,17,18)(H,19,20)/t11-,12+,13?/m1/s1. The molecule has 2 N–H and O–H groups in total. The fraction of sp³-hybridized carbons (Fsp3) is 0.467. The molecular weight excluding hydrogens is 261 g/mol. The number of carboxylic acids is 1. The highest BCUT2D eigenvalue weighted by molar-refractivity contribution is 5.89. The number of carbonyl (C=O) groups excluding carboxylic acids is 1. The maximum Gasteiger partial charge on any atom is 0.307 e. The van der Waals surface area contributed by atoms with Gasteiger partial charge in [0.25, 0.3) is 0 Å². The molecule has 1 unspecified atom stereocenters. The predicted octanol–water partition coefficient (Wildman–Crippen LogP) is 2.36.